The molecule has 0 bridgehead atoms. The Morgan fingerprint density at radius 2 is 1.48 bits per heavy atom. The average Bonchev–Trinajstić information content (AvgIpc) is 2.59. The molecule has 2 rings (SSSR count). The van der Waals surface area contributed by atoms with Crippen LogP contribution < -0.4 is 0 Å². The van der Waals surface area contributed by atoms with E-state index >= 15 is 0 Å². The number of allylic oxidation sites excluding steroid dienone is 1. The van der Waals surface area contributed by atoms with Crippen molar-refractivity contribution in [2.24, 2.45) is 5.92 Å². The fourth-order valence-corrected chi connectivity index (χ4v) is 3.98. The van der Waals surface area contributed by atoms with Gasteiger partial charge in [0.25, 0.3) is 0 Å². The van der Waals surface area contributed by atoms with E-state index in [0.717, 1.165) is 24.1 Å². The summed E-state index contributed by atoms with van der Waals surface area (Å²) < 4.78 is 1.07. The summed E-state index contributed by atoms with van der Waals surface area (Å²) in [5.74, 6) is -0.0163. The Hall–Kier alpha value is -1.67. The molecule has 2 aromatic rings. The predicted molar refractivity (Wildman–Crippen MR) is 107 cm³/mol. The number of benzene rings is 2. The molecule has 0 amide bonds. The number of hydrogen-bond donors (Lipinski definition) is 1. The standard InChI is InChI=1S/C22H27NOSe/c1-4-11-20(22(2,3)24)21(25)23(16-18-12-7-5-8-13-18)17-19-14-9-6-10-15-19/h4-10,12-15,20,24H,1,11,16-17H2,2-3H3. The van der Waals surface area contributed by atoms with Crippen LogP contribution in [0.1, 0.15) is 31.4 Å². The molecule has 2 nitrogen and oxygen atoms in total. The first-order chi connectivity index (χ1) is 11.9. The molecule has 1 atom stereocenters. The van der Waals surface area contributed by atoms with Crippen LogP contribution in [0.3, 0.4) is 0 Å². The van der Waals surface area contributed by atoms with Gasteiger partial charge >= 0.3 is 159 Å². The molecule has 1 N–H and O–H groups in total. The van der Waals surface area contributed by atoms with Gasteiger partial charge in [-0.2, -0.15) is 0 Å². The quantitative estimate of drug-likeness (QED) is 0.509. The Morgan fingerprint density at radius 3 is 1.84 bits per heavy atom. The zero-order chi connectivity index (χ0) is 18.3. The molecule has 0 saturated heterocycles. The van der Waals surface area contributed by atoms with Crippen LogP contribution in [0.4, 0.5) is 0 Å². The van der Waals surface area contributed by atoms with Gasteiger partial charge in [0.15, 0.2) is 0 Å². The predicted octanol–water partition coefficient (Wildman–Crippen LogP) is 3.95. The molecule has 0 aromatic heterocycles. The van der Waals surface area contributed by atoms with Gasteiger partial charge < -0.3 is 0 Å². The first kappa shape index (κ1) is 19.7. The fourth-order valence-electron chi connectivity index (χ4n) is 2.90. The number of hydrogen-bond acceptors (Lipinski definition) is 2. The van der Waals surface area contributed by atoms with Crippen LogP contribution in [-0.4, -0.2) is 35.7 Å². The molecule has 0 fully saturated rings. The van der Waals surface area contributed by atoms with Crippen LogP contribution in [0.15, 0.2) is 73.3 Å². The molecule has 0 heterocycles. The molecule has 2 aromatic carbocycles. The molecule has 0 saturated carbocycles. The zero-order valence-electron chi connectivity index (χ0n) is 15.1. The van der Waals surface area contributed by atoms with Crippen molar-refractivity contribution in [2.45, 2.75) is 39.0 Å². The van der Waals surface area contributed by atoms with Crippen LogP contribution >= 0.6 is 0 Å². The monoisotopic (exact) mass is 401 g/mol. The van der Waals surface area contributed by atoms with Crippen LogP contribution in [0.2, 0.25) is 0 Å². The molecule has 3 heteroatoms. The number of nitrogens with zero attached hydrogens (tertiary/aromatic N) is 1. The van der Waals surface area contributed by atoms with E-state index in [2.05, 4.69) is 75.6 Å². The Labute approximate surface area is 159 Å². The molecule has 0 radical (unpaired) electrons. The second kappa shape index (κ2) is 9.14. The van der Waals surface area contributed by atoms with E-state index in [1.165, 1.54) is 11.1 Å². The van der Waals surface area contributed by atoms with E-state index in [-0.39, 0.29) is 5.92 Å². The molecule has 0 spiro atoms. The third-order valence-corrected chi connectivity index (χ3v) is 5.44. The molecule has 25 heavy (non-hydrogen) atoms. The van der Waals surface area contributed by atoms with Gasteiger partial charge in [-0.15, -0.1) is 0 Å². The average molecular weight is 400 g/mol. The van der Waals surface area contributed by atoms with Gasteiger partial charge in [-0.25, -0.2) is 0 Å². The molecular formula is C22H27NOSe. The maximum absolute atomic E-state index is 10.6. The van der Waals surface area contributed by atoms with E-state index in [9.17, 15) is 5.11 Å². The van der Waals surface area contributed by atoms with Gasteiger partial charge in [0.05, 0.1) is 0 Å². The van der Waals surface area contributed by atoms with E-state index in [1.54, 1.807) is 0 Å². The van der Waals surface area contributed by atoms with Crippen molar-refractivity contribution in [1.29, 1.82) is 0 Å². The summed E-state index contributed by atoms with van der Waals surface area (Å²) in [5.41, 5.74) is 1.68. The topological polar surface area (TPSA) is 23.5 Å². The number of rotatable bonds is 9. The van der Waals surface area contributed by atoms with Gasteiger partial charge in [0.1, 0.15) is 0 Å². The molecule has 0 aliphatic carbocycles. The number of aliphatic hydroxyl groups is 1. The van der Waals surface area contributed by atoms with E-state index in [4.69, 9.17) is 0 Å². The van der Waals surface area contributed by atoms with Crippen molar-refractivity contribution in [3.63, 3.8) is 0 Å². The molecule has 0 aliphatic rings. The first-order valence-corrected chi connectivity index (χ1v) is 9.47. The summed E-state index contributed by atoms with van der Waals surface area (Å²) >= 11 is 3.24. The minimum absolute atomic E-state index is 0.0163. The van der Waals surface area contributed by atoms with Crippen molar-refractivity contribution in [1.82, 2.24) is 4.90 Å². The molecule has 0 aliphatic heterocycles. The van der Waals surface area contributed by atoms with Crippen molar-refractivity contribution in [3.05, 3.63) is 84.4 Å². The Bertz CT molecular complexity index is 635. The Balaban J connectivity index is 2.28. The summed E-state index contributed by atoms with van der Waals surface area (Å²) in [6.45, 7) is 9.18. The SMILES string of the molecule is C=CCC(C(=[Se])N(Cc1ccccc1)Cc1ccccc1)C(C)(C)O. The van der Waals surface area contributed by atoms with E-state index in [1.807, 2.05) is 32.1 Å². The normalized spacial score (nSPS) is 12.4. The summed E-state index contributed by atoms with van der Waals surface area (Å²) in [5, 5.41) is 10.6. The summed E-state index contributed by atoms with van der Waals surface area (Å²) in [7, 11) is 0. The van der Waals surface area contributed by atoms with Gasteiger partial charge in [-0.05, 0) is 0 Å². The fraction of sp³-hybridized carbons (Fsp3) is 0.318. The minimum atomic E-state index is -0.819. The molecule has 1 unspecified atom stereocenters. The van der Waals surface area contributed by atoms with Gasteiger partial charge in [-0.1, -0.05) is 0 Å². The third kappa shape index (κ3) is 5.97. The van der Waals surface area contributed by atoms with Gasteiger partial charge in [-0.3, -0.25) is 0 Å². The zero-order valence-corrected chi connectivity index (χ0v) is 16.8. The van der Waals surface area contributed by atoms with Crippen molar-refractivity contribution in [2.75, 3.05) is 0 Å². The van der Waals surface area contributed by atoms with E-state index in [0.29, 0.717) is 0 Å². The second-order valence-electron chi connectivity index (χ2n) is 6.90. The summed E-state index contributed by atoms with van der Waals surface area (Å²) in [4.78, 5) is 2.32. The van der Waals surface area contributed by atoms with Crippen molar-refractivity contribution >= 4 is 20.1 Å². The Morgan fingerprint density at radius 1 is 1.04 bits per heavy atom. The van der Waals surface area contributed by atoms with Crippen LogP contribution in [-0.2, 0) is 13.1 Å². The maximum atomic E-state index is 10.6. The van der Waals surface area contributed by atoms with Crippen LogP contribution in [0.5, 0.6) is 0 Å². The first-order valence-electron chi connectivity index (χ1n) is 8.61. The van der Waals surface area contributed by atoms with Crippen LogP contribution in [0.25, 0.3) is 0 Å². The van der Waals surface area contributed by atoms with Crippen LogP contribution in [0, 0.1) is 5.92 Å². The summed E-state index contributed by atoms with van der Waals surface area (Å²) in [6, 6.07) is 20.9. The third-order valence-electron chi connectivity index (χ3n) is 4.30. The van der Waals surface area contributed by atoms with E-state index < -0.39 is 5.60 Å². The van der Waals surface area contributed by atoms with Crippen molar-refractivity contribution in [3.8, 4) is 0 Å². The van der Waals surface area contributed by atoms with Gasteiger partial charge in [0.2, 0.25) is 0 Å². The molecular weight excluding hydrogens is 373 g/mol. The Kier molecular flexibility index (Phi) is 7.19. The second-order valence-corrected chi connectivity index (χ2v) is 7.77. The van der Waals surface area contributed by atoms with Crippen molar-refractivity contribution < 1.29 is 5.11 Å². The van der Waals surface area contributed by atoms with Gasteiger partial charge in [0, 0.05) is 0 Å². The molecule has 132 valence electrons. The summed E-state index contributed by atoms with van der Waals surface area (Å²) in [6.07, 6.45) is 2.61.